The van der Waals surface area contributed by atoms with Gasteiger partial charge in [-0.3, -0.25) is 9.59 Å². The molecule has 1 aromatic heterocycles. The number of halogens is 3. The first-order valence-electron chi connectivity index (χ1n) is 9.97. The van der Waals surface area contributed by atoms with Crippen LogP contribution in [0.5, 0.6) is 5.75 Å². The van der Waals surface area contributed by atoms with E-state index in [9.17, 15) is 22.8 Å². The molecule has 0 radical (unpaired) electrons. The Hall–Kier alpha value is -3.04. The molecule has 1 unspecified atom stereocenters. The van der Waals surface area contributed by atoms with Crippen molar-refractivity contribution in [3.05, 3.63) is 51.9 Å². The molecule has 1 aliphatic heterocycles. The predicted octanol–water partition coefficient (Wildman–Crippen LogP) is 3.24. The second-order valence-electron chi connectivity index (χ2n) is 7.24. The summed E-state index contributed by atoms with van der Waals surface area (Å²) in [7, 11) is 1.50. The van der Waals surface area contributed by atoms with Gasteiger partial charge in [0, 0.05) is 13.0 Å². The summed E-state index contributed by atoms with van der Waals surface area (Å²) in [4.78, 5) is 25.7. The van der Waals surface area contributed by atoms with E-state index >= 15 is 0 Å². The van der Waals surface area contributed by atoms with Crippen LogP contribution >= 0.6 is 0 Å². The minimum atomic E-state index is -4.86. The number of carbonyl (C=O) groups is 1. The lowest BCUT2D eigenvalue weighted by molar-refractivity contribution is -0.144. The van der Waals surface area contributed by atoms with E-state index in [0.717, 1.165) is 10.9 Å². The summed E-state index contributed by atoms with van der Waals surface area (Å²) in [5.74, 6) is 0.176. The Labute approximate surface area is 177 Å². The van der Waals surface area contributed by atoms with Gasteiger partial charge in [-0.15, -0.1) is 0 Å². The standard InChI is InChI=1S/C21H24F3N3O4/c1-3-18(28)31-13-15-5-4-10-26(15)17-11-25-27(20(29)19(17)21(22,23)24)12-14-6-8-16(30-2)9-7-14/h6-9,11,15H,3-5,10,12-13H2,1-2H3. The molecule has 1 aromatic carbocycles. The van der Waals surface area contributed by atoms with Crippen molar-refractivity contribution >= 4 is 11.7 Å². The Bertz CT molecular complexity index is 973. The van der Waals surface area contributed by atoms with Crippen LogP contribution in [0.4, 0.5) is 18.9 Å². The molecule has 0 N–H and O–H groups in total. The van der Waals surface area contributed by atoms with Crippen molar-refractivity contribution in [3.8, 4) is 5.75 Å². The highest BCUT2D eigenvalue weighted by Gasteiger charge is 2.41. The Morgan fingerprint density at radius 2 is 1.97 bits per heavy atom. The van der Waals surface area contributed by atoms with Crippen molar-refractivity contribution in [3.63, 3.8) is 0 Å². The molecule has 0 aliphatic carbocycles. The lowest BCUT2D eigenvalue weighted by Gasteiger charge is -2.28. The Balaban J connectivity index is 1.93. The van der Waals surface area contributed by atoms with Crippen LogP contribution in [-0.4, -0.2) is 42.1 Å². The maximum Gasteiger partial charge on any atom is 0.423 e. The highest BCUT2D eigenvalue weighted by molar-refractivity contribution is 5.69. The number of rotatable bonds is 7. The summed E-state index contributed by atoms with van der Waals surface area (Å²) in [5.41, 5.74) is -2.14. The molecule has 1 fully saturated rings. The van der Waals surface area contributed by atoms with Gasteiger partial charge in [-0.1, -0.05) is 19.1 Å². The lowest BCUT2D eigenvalue weighted by Crippen LogP contribution is -2.39. The molecule has 0 amide bonds. The maximum atomic E-state index is 13.9. The molecule has 2 aromatic rings. The Morgan fingerprint density at radius 1 is 1.26 bits per heavy atom. The van der Waals surface area contributed by atoms with E-state index in [0.29, 0.717) is 30.7 Å². The van der Waals surface area contributed by atoms with E-state index in [1.807, 2.05) is 0 Å². The fourth-order valence-electron chi connectivity index (χ4n) is 3.60. The number of aromatic nitrogens is 2. The number of anilines is 1. The van der Waals surface area contributed by atoms with Crippen LogP contribution in [-0.2, 0) is 22.3 Å². The van der Waals surface area contributed by atoms with Gasteiger partial charge in [0.1, 0.15) is 17.9 Å². The quantitative estimate of drug-likeness (QED) is 0.617. The number of hydrogen-bond donors (Lipinski definition) is 0. The third-order valence-corrected chi connectivity index (χ3v) is 5.21. The Kier molecular flexibility index (Phi) is 6.87. The molecule has 168 valence electrons. The molecular weight excluding hydrogens is 415 g/mol. The third-order valence-electron chi connectivity index (χ3n) is 5.21. The fraction of sp³-hybridized carbons (Fsp3) is 0.476. The minimum absolute atomic E-state index is 0.0289. The molecule has 31 heavy (non-hydrogen) atoms. The van der Waals surface area contributed by atoms with Gasteiger partial charge in [0.15, 0.2) is 0 Å². The van der Waals surface area contributed by atoms with Crippen LogP contribution in [0, 0.1) is 0 Å². The number of carbonyl (C=O) groups excluding carboxylic acids is 1. The molecule has 2 heterocycles. The van der Waals surface area contributed by atoms with E-state index in [2.05, 4.69) is 5.10 Å². The summed E-state index contributed by atoms with van der Waals surface area (Å²) < 4.78 is 52.7. The van der Waals surface area contributed by atoms with Crippen molar-refractivity contribution in [1.82, 2.24) is 9.78 Å². The summed E-state index contributed by atoms with van der Waals surface area (Å²) >= 11 is 0. The van der Waals surface area contributed by atoms with Crippen molar-refractivity contribution in [1.29, 1.82) is 0 Å². The normalized spacial score (nSPS) is 16.4. The lowest BCUT2D eigenvalue weighted by atomic mass is 10.1. The molecule has 0 bridgehead atoms. The maximum absolute atomic E-state index is 13.9. The van der Waals surface area contributed by atoms with Crippen LogP contribution in [0.1, 0.15) is 37.3 Å². The molecular formula is C21H24F3N3O4. The second-order valence-corrected chi connectivity index (χ2v) is 7.24. The van der Waals surface area contributed by atoms with Crippen molar-refractivity contribution < 1.29 is 27.4 Å². The van der Waals surface area contributed by atoms with Crippen LogP contribution < -0.4 is 15.2 Å². The molecule has 1 atom stereocenters. The van der Waals surface area contributed by atoms with Gasteiger partial charge < -0.3 is 14.4 Å². The highest BCUT2D eigenvalue weighted by atomic mass is 19.4. The number of esters is 1. The van der Waals surface area contributed by atoms with Gasteiger partial charge >= 0.3 is 12.1 Å². The second kappa shape index (κ2) is 9.40. The van der Waals surface area contributed by atoms with Crippen LogP contribution in [0.25, 0.3) is 0 Å². The first-order valence-corrected chi connectivity index (χ1v) is 9.97. The zero-order valence-corrected chi connectivity index (χ0v) is 17.3. The smallest absolute Gasteiger partial charge is 0.423 e. The number of nitrogens with zero attached hydrogens (tertiary/aromatic N) is 3. The number of hydrogen-bond acceptors (Lipinski definition) is 6. The van der Waals surface area contributed by atoms with Crippen LogP contribution in [0.3, 0.4) is 0 Å². The summed E-state index contributed by atoms with van der Waals surface area (Å²) in [6, 6.07) is 6.20. The summed E-state index contributed by atoms with van der Waals surface area (Å²) in [5, 5.41) is 4.00. The van der Waals surface area contributed by atoms with Crippen molar-refractivity contribution in [2.45, 2.75) is 44.9 Å². The van der Waals surface area contributed by atoms with E-state index < -0.39 is 29.3 Å². The van der Waals surface area contributed by atoms with Gasteiger partial charge in [-0.05, 0) is 30.5 Å². The fourth-order valence-corrected chi connectivity index (χ4v) is 3.60. The van der Waals surface area contributed by atoms with Gasteiger partial charge in [-0.25, -0.2) is 4.68 Å². The molecule has 3 rings (SSSR count). The van der Waals surface area contributed by atoms with E-state index in [4.69, 9.17) is 9.47 Å². The number of benzene rings is 1. The highest BCUT2D eigenvalue weighted by Crippen LogP contribution is 2.36. The average Bonchev–Trinajstić information content (AvgIpc) is 3.21. The Morgan fingerprint density at radius 3 is 2.58 bits per heavy atom. The van der Waals surface area contributed by atoms with Crippen LogP contribution in [0.15, 0.2) is 35.3 Å². The largest absolute Gasteiger partial charge is 0.497 e. The van der Waals surface area contributed by atoms with Crippen LogP contribution in [0.2, 0.25) is 0 Å². The number of ether oxygens (including phenoxy) is 2. The predicted molar refractivity (Wildman–Crippen MR) is 107 cm³/mol. The zero-order valence-electron chi connectivity index (χ0n) is 17.3. The van der Waals surface area contributed by atoms with Gasteiger partial charge in [-0.2, -0.15) is 18.3 Å². The van der Waals surface area contributed by atoms with Gasteiger partial charge in [0.2, 0.25) is 0 Å². The monoisotopic (exact) mass is 439 g/mol. The van der Waals surface area contributed by atoms with E-state index in [1.54, 1.807) is 31.2 Å². The summed E-state index contributed by atoms with van der Waals surface area (Å²) in [6.07, 6.45) is -2.41. The molecule has 10 heteroatoms. The molecule has 0 saturated carbocycles. The summed E-state index contributed by atoms with van der Waals surface area (Å²) in [6.45, 7) is 1.83. The van der Waals surface area contributed by atoms with Crippen molar-refractivity contribution in [2.24, 2.45) is 0 Å². The van der Waals surface area contributed by atoms with E-state index in [-0.39, 0.29) is 25.3 Å². The van der Waals surface area contributed by atoms with Gasteiger partial charge in [0.05, 0.1) is 31.6 Å². The average molecular weight is 439 g/mol. The molecule has 1 aliphatic rings. The molecule has 7 nitrogen and oxygen atoms in total. The molecule has 1 saturated heterocycles. The number of methoxy groups -OCH3 is 1. The first kappa shape index (κ1) is 22.6. The minimum Gasteiger partial charge on any atom is -0.497 e. The third kappa shape index (κ3) is 5.18. The zero-order chi connectivity index (χ0) is 22.6. The SMILES string of the molecule is CCC(=O)OCC1CCCN1c1cnn(Cc2ccc(OC)cc2)c(=O)c1C(F)(F)F. The molecule has 0 spiro atoms. The number of alkyl halides is 3. The van der Waals surface area contributed by atoms with Gasteiger partial charge in [0.25, 0.3) is 5.56 Å². The first-order chi connectivity index (χ1) is 14.7. The van der Waals surface area contributed by atoms with Crippen molar-refractivity contribution in [2.75, 3.05) is 25.2 Å². The topological polar surface area (TPSA) is 73.7 Å². The van der Waals surface area contributed by atoms with E-state index in [1.165, 1.54) is 12.0 Å².